The molecular weight excluding hydrogens is 190 g/mol. The fourth-order valence-electron chi connectivity index (χ4n) is 1.28. The highest BCUT2D eigenvalue weighted by atomic mass is 16.5. The minimum Gasteiger partial charge on any atom is -0.477 e. The maximum absolute atomic E-state index is 5.41. The van der Waals surface area contributed by atoms with E-state index in [1.165, 1.54) is 31.9 Å². The fourth-order valence-corrected chi connectivity index (χ4v) is 1.28. The van der Waals surface area contributed by atoms with Crippen LogP contribution in [0.4, 0.5) is 5.82 Å². The topological polar surface area (TPSA) is 61.0 Å². The highest BCUT2D eigenvalue weighted by Crippen LogP contribution is 2.07. The minimum atomic E-state index is 0.422. The number of unbranched alkanes of at least 4 members (excludes halogenated alkanes) is 4. The number of anilines is 1. The van der Waals surface area contributed by atoms with Gasteiger partial charge in [-0.15, -0.1) is 0 Å². The number of aromatic nitrogens is 2. The predicted octanol–water partition coefficient (Wildman–Crippen LogP) is 2.41. The summed E-state index contributed by atoms with van der Waals surface area (Å²) in [5.41, 5.74) is 5.41. The lowest BCUT2D eigenvalue weighted by Gasteiger charge is -2.04. The summed E-state index contributed by atoms with van der Waals surface area (Å²) in [6.45, 7) is 2.92. The van der Waals surface area contributed by atoms with Gasteiger partial charge in [0.1, 0.15) is 5.82 Å². The van der Waals surface area contributed by atoms with Gasteiger partial charge in [0.05, 0.1) is 19.0 Å². The van der Waals surface area contributed by atoms with Gasteiger partial charge < -0.3 is 10.5 Å². The molecule has 0 spiro atoms. The van der Waals surface area contributed by atoms with E-state index in [1.54, 1.807) is 6.20 Å². The average molecular weight is 209 g/mol. The molecule has 1 rings (SSSR count). The Labute approximate surface area is 90.9 Å². The quantitative estimate of drug-likeness (QED) is 0.700. The van der Waals surface area contributed by atoms with Gasteiger partial charge in [-0.25, -0.2) is 9.97 Å². The Morgan fingerprint density at radius 1 is 1.13 bits per heavy atom. The summed E-state index contributed by atoms with van der Waals surface area (Å²) in [5.74, 6) is 0.977. The molecule has 4 nitrogen and oxygen atoms in total. The van der Waals surface area contributed by atoms with Crippen LogP contribution in [0.2, 0.25) is 0 Å². The molecule has 1 heterocycles. The molecule has 0 radical (unpaired) electrons. The van der Waals surface area contributed by atoms with E-state index >= 15 is 0 Å². The Balaban J connectivity index is 2.07. The zero-order valence-electron chi connectivity index (χ0n) is 9.28. The van der Waals surface area contributed by atoms with E-state index in [4.69, 9.17) is 10.5 Å². The van der Waals surface area contributed by atoms with Crippen LogP contribution in [0, 0.1) is 0 Å². The second kappa shape index (κ2) is 7.04. The Kier molecular flexibility index (Phi) is 5.51. The number of nitrogens with two attached hydrogens (primary N) is 1. The van der Waals surface area contributed by atoms with Gasteiger partial charge >= 0.3 is 0 Å². The average Bonchev–Trinajstić information content (AvgIpc) is 2.26. The largest absolute Gasteiger partial charge is 0.477 e. The number of nitrogens with zero attached hydrogens (tertiary/aromatic N) is 2. The van der Waals surface area contributed by atoms with Crippen LogP contribution >= 0.6 is 0 Å². The van der Waals surface area contributed by atoms with E-state index in [9.17, 15) is 0 Å². The van der Waals surface area contributed by atoms with Gasteiger partial charge in [-0.3, -0.25) is 0 Å². The summed E-state index contributed by atoms with van der Waals surface area (Å²) in [4.78, 5) is 7.90. The van der Waals surface area contributed by atoms with E-state index in [-0.39, 0.29) is 0 Å². The molecule has 0 saturated heterocycles. The fraction of sp³-hybridized carbons (Fsp3) is 0.636. The normalized spacial score (nSPS) is 10.2. The van der Waals surface area contributed by atoms with Crippen LogP contribution in [0.3, 0.4) is 0 Å². The molecule has 15 heavy (non-hydrogen) atoms. The van der Waals surface area contributed by atoms with E-state index in [2.05, 4.69) is 16.9 Å². The molecule has 4 heteroatoms. The van der Waals surface area contributed by atoms with Crippen LogP contribution < -0.4 is 10.5 Å². The van der Waals surface area contributed by atoms with E-state index < -0.39 is 0 Å². The maximum Gasteiger partial charge on any atom is 0.232 e. The minimum absolute atomic E-state index is 0.422. The number of hydrogen-bond donors (Lipinski definition) is 1. The summed E-state index contributed by atoms with van der Waals surface area (Å²) < 4.78 is 5.41. The summed E-state index contributed by atoms with van der Waals surface area (Å²) in [7, 11) is 0. The first-order valence-corrected chi connectivity index (χ1v) is 5.53. The third-order valence-electron chi connectivity index (χ3n) is 2.15. The second-order valence-electron chi connectivity index (χ2n) is 3.54. The summed E-state index contributed by atoms with van der Waals surface area (Å²) in [6.07, 6.45) is 9.22. The third kappa shape index (κ3) is 5.20. The van der Waals surface area contributed by atoms with Crippen molar-refractivity contribution in [2.75, 3.05) is 12.3 Å². The lowest BCUT2D eigenvalue weighted by molar-refractivity contribution is 0.292. The number of hydrogen-bond acceptors (Lipinski definition) is 4. The van der Waals surface area contributed by atoms with Crippen molar-refractivity contribution in [3.63, 3.8) is 0 Å². The van der Waals surface area contributed by atoms with Crippen LogP contribution in [0.1, 0.15) is 39.0 Å². The van der Waals surface area contributed by atoms with Crippen LogP contribution in [-0.4, -0.2) is 16.6 Å². The van der Waals surface area contributed by atoms with Crippen molar-refractivity contribution in [1.82, 2.24) is 9.97 Å². The van der Waals surface area contributed by atoms with E-state index in [0.29, 0.717) is 18.3 Å². The number of ether oxygens (including phenoxy) is 1. The monoisotopic (exact) mass is 209 g/mol. The number of nitrogen functional groups attached to an aromatic ring is 1. The van der Waals surface area contributed by atoms with Crippen LogP contribution in [0.15, 0.2) is 12.4 Å². The molecule has 0 amide bonds. The van der Waals surface area contributed by atoms with Crippen molar-refractivity contribution in [1.29, 1.82) is 0 Å². The molecule has 0 atom stereocenters. The van der Waals surface area contributed by atoms with Crippen molar-refractivity contribution < 1.29 is 4.74 Å². The molecule has 0 fully saturated rings. The summed E-state index contributed by atoms with van der Waals surface area (Å²) >= 11 is 0. The van der Waals surface area contributed by atoms with Crippen molar-refractivity contribution in [2.24, 2.45) is 0 Å². The molecule has 0 bridgehead atoms. The molecule has 84 valence electrons. The summed E-state index contributed by atoms with van der Waals surface area (Å²) in [6, 6.07) is 0. The molecule has 2 N–H and O–H groups in total. The SMILES string of the molecule is CCCCCCCOc1cnc(N)cn1. The summed E-state index contributed by atoms with van der Waals surface area (Å²) in [5, 5.41) is 0. The second-order valence-corrected chi connectivity index (χ2v) is 3.54. The van der Waals surface area contributed by atoms with Gasteiger partial charge in [-0.2, -0.15) is 0 Å². The zero-order chi connectivity index (χ0) is 10.9. The molecule has 0 aliphatic carbocycles. The molecule has 0 aliphatic rings. The Morgan fingerprint density at radius 2 is 1.93 bits per heavy atom. The van der Waals surface area contributed by atoms with Crippen LogP contribution in [0.25, 0.3) is 0 Å². The molecule has 0 aromatic carbocycles. The highest BCUT2D eigenvalue weighted by Gasteiger charge is 1.95. The molecule has 1 aromatic heterocycles. The lowest BCUT2D eigenvalue weighted by atomic mass is 10.2. The van der Waals surface area contributed by atoms with Crippen molar-refractivity contribution in [3.05, 3.63) is 12.4 Å². The highest BCUT2D eigenvalue weighted by molar-refractivity contribution is 5.24. The van der Waals surface area contributed by atoms with Crippen LogP contribution in [-0.2, 0) is 0 Å². The predicted molar refractivity (Wildman–Crippen MR) is 60.7 cm³/mol. The van der Waals surface area contributed by atoms with Crippen molar-refractivity contribution in [3.8, 4) is 5.88 Å². The molecule has 0 unspecified atom stereocenters. The zero-order valence-corrected chi connectivity index (χ0v) is 9.28. The Morgan fingerprint density at radius 3 is 2.60 bits per heavy atom. The van der Waals surface area contributed by atoms with Gasteiger partial charge in [0.25, 0.3) is 0 Å². The standard InChI is InChI=1S/C11H19N3O/c1-2-3-4-5-6-7-15-11-9-13-10(12)8-14-11/h8-9H,2-7H2,1H3,(H2,12,13). The Bertz CT molecular complexity index is 261. The molecule has 0 saturated carbocycles. The van der Waals surface area contributed by atoms with E-state index in [0.717, 1.165) is 6.42 Å². The van der Waals surface area contributed by atoms with Crippen molar-refractivity contribution >= 4 is 5.82 Å². The van der Waals surface area contributed by atoms with Gasteiger partial charge in [0.15, 0.2) is 0 Å². The molecule has 0 aliphatic heterocycles. The first kappa shape index (κ1) is 11.8. The first-order chi connectivity index (χ1) is 7.33. The van der Waals surface area contributed by atoms with E-state index in [1.807, 2.05) is 0 Å². The van der Waals surface area contributed by atoms with Gasteiger partial charge in [-0.1, -0.05) is 32.6 Å². The first-order valence-electron chi connectivity index (χ1n) is 5.53. The van der Waals surface area contributed by atoms with Crippen molar-refractivity contribution in [2.45, 2.75) is 39.0 Å². The van der Waals surface area contributed by atoms with Gasteiger partial charge in [0, 0.05) is 0 Å². The molecular formula is C11H19N3O. The lowest BCUT2D eigenvalue weighted by Crippen LogP contribution is -2.00. The number of rotatable bonds is 7. The third-order valence-corrected chi connectivity index (χ3v) is 2.15. The Hall–Kier alpha value is -1.32. The maximum atomic E-state index is 5.41. The smallest absolute Gasteiger partial charge is 0.232 e. The molecule has 1 aromatic rings. The van der Waals surface area contributed by atoms with Gasteiger partial charge in [-0.05, 0) is 6.42 Å². The van der Waals surface area contributed by atoms with Gasteiger partial charge in [0.2, 0.25) is 5.88 Å². The van der Waals surface area contributed by atoms with Crippen LogP contribution in [0.5, 0.6) is 5.88 Å².